The Morgan fingerprint density at radius 2 is 1.07 bits per heavy atom. The van der Waals surface area contributed by atoms with Gasteiger partial charge >= 0.3 is 0 Å². The topological polar surface area (TPSA) is 9.23 Å². The Bertz CT molecular complexity index is 975. The SMILES string of the molecule is COc1cccc(F)c1C[P+](c1ccccc1)(c1ccccc1)c1ccccc1.[Br-]. The van der Waals surface area contributed by atoms with Gasteiger partial charge in [0.2, 0.25) is 0 Å². The minimum Gasteiger partial charge on any atom is -1.00 e. The Morgan fingerprint density at radius 3 is 1.47 bits per heavy atom. The fourth-order valence-corrected chi connectivity index (χ4v) is 8.16. The van der Waals surface area contributed by atoms with Gasteiger partial charge in [0.15, 0.2) is 0 Å². The Morgan fingerprint density at radius 1 is 0.633 bits per heavy atom. The molecule has 30 heavy (non-hydrogen) atoms. The molecule has 0 heterocycles. The Balaban J connectivity index is 0.00000256. The van der Waals surface area contributed by atoms with Gasteiger partial charge < -0.3 is 21.7 Å². The molecule has 0 fully saturated rings. The molecular formula is C26H23BrFOP. The first-order valence-electron chi connectivity index (χ1n) is 9.62. The lowest BCUT2D eigenvalue weighted by Gasteiger charge is -2.28. The zero-order valence-corrected chi connectivity index (χ0v) is 19.2. The Kier molecular flexibility index (Phi) is 7.42. The molecule has 0 spiro atoms. The highest BCUT2D eigenvalue weighted by molar-refractivity contribution is 7.95. The van der Waals surface area contributed by atoms with Gasteiger partial charge in [0.25, 0.3) is 0 Å². The summed E-state index contributed by atoms with van der Waals surface area (Å²) in [4.78, 5) is 0. The molecule has 152 valence electrons. The number of rotatable bonds is 6. The highest BCUT2D eigenvalue weighted by Gasteiger charge is 2.46. The summed E-state index contributed by atoms with van der Waals surface area (Å²) in [6, 6.07) is 36.5. The third-order valence-corrected chi connectivity index (χ3v) is 9.61. The molecule has 0 amide bonds. The van der Waals surface area contributed by atoms with Crippen molar-refractivity contribution in [2.75, 3.05) is 7.11 Å². The predicted molar refractivity (Wildman–Crippen MR) is 122 cm³/mol. The van der Waals surface area contributed by atoms with E-state index in [1.54, 1.807) is 13.2 Å². The molecule has 0 N–H and O–H groups in total. The molecule has 4 heteroatoms. The maximum absolute atomic E-state index is 15.1. The van der Waals surface area contributed by atoms with Crippen LogP contribution < -0.4 is 37.6 Å². The summed E-state index contributed by atoms with van der Waals surface area (Å²) < 4.78 is 20.6. The van der Waals surface area contributed by atoms with Crippen molar-refractivity contribution < 1.29 is 26.1 Å². The van der Waals surface area contributed by atoms with Crippen LogP contribution in [0.1, 0.15) is 5.56 Å². The number of halogens is 2. The van der Waals surface area contributed by atoms with Gasteiger partial charge in [-0.3, -0.25) is 0 Å². The van der Waals surface area contributed by atoms with Crippen LogP contribution >= 0.6 is 7.26 Å². The first-order chi connectivity index (χ1) is 14.3. The summed E-state index contributed by atoms with van der Waals surface area (Å²) in [7, 11) is -0.559. The van der Waals surface area contributed by atoms with E-state index in [0.29, 0.717) is 17.5 Å². The lowest BCUT2D eigenvalue weighted by molar-refractivity contribution is -0.00000653. The molecule has 0 aromatic heterocycles. The normalized spacial score (nSPS) is 10.9. The van der Waals surface area contributed by atoms with Crippen molar-refractivity contribution in [2.24, 2.45) is 0 Å². The van der Waals surface area contributed by atoms with Gasteiger partial charge in [0.1, 0.15) is 40.9 Å². The zero-order valence-electron chi connectivity index (χ0n) is 16.7. The number of methoxy groups -OCH3 is 1. The van der Waals surface area contributed by atoms with Gasteiger partial charge in [-0.15, -0.1) is 0 Å². The maximum atomic E-state index is 15.1. The summed E-state index contributed by atoms with van der Waals surface area (Å²) in [5.74, 6) is 0.369. The van der Waals surface area contributed by atoms with Crippen LogP contribution in [0.4, 0.5) is 4.39 Å². The Hall–Kier alpha value is -2.48. The van der Waals surface area contributed by atoms with Crippen LogP contribution in [0.2, 0.25) is 0 Å². The third-order valence-electron chi connectivity index (χ3n) is 5.28. The quantitative estimate of drug-likeness (QED) is 0.385. The molecule has 0 aliphatic rings. The van der Waals surface area contributed by atoms with Crippen molar-refractivity contribution in [1.82, 2.24) is 0 Å². The van der Waals surface area contributed by atoms with Crippen LogP contribution in [0.5, 0.6) is 5.75 Å². The van der Waals surface area contributed by atoms with E-state index in [-0.39, 0.29) is 22.8 Å². The van der Waals surface area contributed by atoms with E-state index in [2.05, 4.69) is 72.8 Å². The molecule has 4 aromatic rings. The van der Waals surface area contributed by atoms with Gasteiger partial charge in [-0.2, -0.15) is 0 Å². The number of hydrogen-bond donors (Lipinski definition) is 0. The van der Waals surface area contributed by atoms with Gasteiger partial charge in [-0.25, -0.2) is 4.39 Å². The van der Waals surface area contributed by atoms with Gasteiger partial charge in [-0.1, -0.05) is 60.7 Å². The molecule has 0 aliphatic heterocycles. The molecule has 0 aliphatic carbocycles. The summed E-state index contributed by atoms with van der Waals surface area (Å²) in [6.07, 6.45) is 0.556. The van der Waals surface area contributed by atoms with Crippen molar-refractivity contribution in [3.63, 3.8) is 0 Å². The van der Waals surface area contributed by atoms with Crippen LogP contribution in [0.3, 0.4) is 0 Å². The first-order valence-corrected chi connectivity index (χ1v) is 11.6. The van der Waals surface area contributed by atoms with E-state index >= 15 is 4.39 Å². The van der Waals surface area contributed by atoms with E-state index in [1.807, 2.05) is 24.3 Å². The number of ether oxygens (including phenoxy) is 1. The number of hydrogen-bond acceptors (Lipinski definition) is 1. The highest BCUT2D eigenvalue weighted by atomic mass is 79.9. The summed E-state index contributed by atoms with van der Waals surface area (Å²) in [5.41, 5.74) is 0.625. The van der Waals surface area contributed by atoms with Crippen LogP contribution in [0.15, 0.2) is 109 Å². The van der Waals surface area contributed by atoms with Crippen molar-refractivity contribution in [3.05, 3.63) is 121 Å². The second kappa shape index (κ2) is 10.0. The monoisotopic (exact) mass is 480 g/mol. The van der Waals surface area contributed by atoms with Crippen LogP contribution in [0, 0.1) is 5.82 Å². The standard InChI is InChI=1S/C26H23FOP.BrH/c1-28-26-19-11-18-25(27)24(26)20-29(21-12-5-2-6-13-21,22-14-7-3-8-15-22)23-16-9-4-10-17-23;/h2-19H,20H2,1H3;1H/q+1;/p-1. The van der Waals surface area contributed by atoms with Gasteiger partial charge in [0.05, 0.1) is 12.7 Å². The van der Waals surface area contributed by atoms with E-state index in [1.165, 1.54) is 22.0 Å². The van der Waals surface area contributed by atoms with Crippen molar-refractivity contribution in [1.29, 1.82) is 0 Å². The van der Waals surface area contributed by atoms with Gasteiger partial charge in [0, 0.05) is 0 Å². The molecule has 0 bridgehead atoms. The summed E-state index contributed by atoms with van der Waals surface area (Å²) in [5, 5.41) is 3.67. The van der Waals surface area contributed by atoms with Crippen LogP contribution in [-0.2, 0) is 6.16 Å². The molecule has 0 radical (unpaired) electrons. The van der Waals surface area contributed by atoms with E-state index < -0.39 is 7.26 Å². The van der Waals surface area contributed by atoms with Crippen molar-refractivity contribution in [3.8, 4) is 5.75 Å². The van der Waals surface area contributed by atoms with Gasteiger partial charge in [-0.05, 0) is 48.5 Å². The van der Waals surface area contributed by atoms with E-state index in [9.17, 15) is 0 Å². The molecule has 0 atom stereocenters. The average molecular weight is 481 g/mol. The fraction of sp³-hybridized carbons (Fsp3) is 0.0769. The molecule has 0 saturated carbocycles. The molecule has 0 unspecified atom stereocenters. The molecule has 4 aromatic carbocycles. The predicted octanol–water partition coefficient (Wildman–Crippen LogP) is 2.33. The molecule has 1 nitrogen and oxygen atoms in total. The lowest BCUT2D eigenvalue weighted by Crippen LogP contribution is -3.00. The summed E-state index contributed by atoms with van der Waals surface area (Å²) >= 11 is 0. The average Bonchev–Trinajstić information content (AvgIpc) is 2.80. The van der Waals surface area contributed by atoms with Crippen LogP contribution in [-0.4, -0.2) is 7.11 Å². The van der Waals surface area contributed by atoms with E-state index in [4.69, 9.17) is 4.74 Å². The summed E-state index contributed by atoms with van der Waals surface area (Å²) in [6.45, 7) is 0. The molecule has 0 saturated heterocycles. The van der Waals surface area contributed by atoms with Crippen LogP contribution in [0.25, 0.3) is 0 Å². The van der Waals surface area contributed by atoms with Crippen molar-refractivity contribution in [2.45, 2.75) is 6.16 Å². The van der Waals surface area contributed by atoms with Crippen molar-refractivity contribution >= 4 is 23.2 Å². The highest BCUT2D eigenvalue weighted by Crippen LogP contribution is 2.59. The smallest absolute Gasteiger partial charge is 0.133 e. The Labute approximate surface area is 188 Å². The second-order valence-electron chi connectivity index (χ2n) is 6.90. The number of benzene rings is 4. The minimum atomic E-state index is -2.16. The maximum Gasteiger partial charge on any atom is 0.133 e. The first kappa shape index (κ1) is 22.2. The second-order valence-corrected chi connectivity index (χ2v) is 10.4. The largest absolute Gasteiger partial charge is 1.00 e. The molecular weight excluding hydrogens is 458 g/mol. The van der Waals surface area contributed by atoms with E-state index in [0.717, 1.165) is 0 Å². The fourth-order valence-electron chi connectivity index (χ4n) is 3.89. The minimum absolute atomic E-state index is 0. The molecule has 4 rings (SSSR count). The lowest BCUT2D eigenvalue weighted by atomic mass is 10.2. The zero-order chi connectivity index (χ0) is 20.1. The third kappa shape index (κ3) is 4.19.